The van der Waals surface area contributed by atoms with E-state index in [9.17, 15) is 19.5 Å². The van der Waals surface area contributed by atoms with E-state index in [2.05, 4.69) is 18.1 Å². The van der Waals surface area contributed by atoms with Gasteiger partial charge >= 0.3 is 11.9 Å². The summed E-state index contributed by atoms with van der Waals surface area (Å²) in [6.07, 6.45) is 3.07. The number of anilines is 1. The van der Waals surface area contributed by atoms with Crippen LogP contribution in [0.5, 0.6) is 5.75 Å². The number of aliphatic hydroxyl groups is 1. The van der Waals surface area contributed by atoms with E-state index in [1.807, 2.05) is 19.1 Å². The van der Waals surface area contributed by atoms with Crippen molar-refractivity contribution >= 4 is 39.9 Å². The van der Waals surface area contributed by atoms with Crippen LogP contribution in [0, 0.1) is 20.8 Å². The standard InChI is InChI=1S/C30H28N2O6S/c1-6-14-37-21-12-13-22(18(4)16-21)25(33)23-24(20-10-8-17(3)9-11-20)32(28(35)26(23)34)30-31-19(5)27(39-30)29(36)38-15-7-2/h6-13,16,24,33H,1-2,14-15H2,3-5H3/t24-/m1/s1. The first-order chi connectivity index (χ1) is 18.7. The second-order valence-corrected chi connectivity index (χ2v) is 9.93. The number of rotatable bonds is 9. The zero-order chi connectivity index (χ0) is 28.3. The molecule has 9 heteroatoms. The highest BCUT2D eigenvalue weighted by Crippen LogP contribution is 2.44. The van der Waals surface area contributed by atoms with E-state index in [4.69, 9.17) is 9.47 Å². The normalized spacial score (nSPS) is 16.3. The molecule has 200 valence electrons. The van der Waals surface area contributed by atoms with Crippen LogP contribution in [0.4, 0.5) is 5.13 Å². The van der Waals surface area contributed by atoms with E-state index in [0.717, 1.165) is 16.9 Å². The number of esters is 1. The highest BCUT2D eigenvalue weighted by Gasteiger charge is 2.48. The number of carbonyl (C=O) groups is 3. The Labute approximate surface area is 230 Å². The van der Waals surface area contributed by atoms with Crippen molar-refractivity contribution < 1.29 is 29.0 Å². The van der Waals surface area contributed by atoms with Crippen LogP contribution in [0.3, 0.4) is 0 Å². The Morgan fingerprint density at radius 2 is 1.77 bits per heavy atom. The van der Waals surface area contributed by atoms with Gasteiger partial charge in [-0.15, -0.1) is 0 Å². The van der Waals surface area contributed by atoms with E-state index in [0.29, 0.717) is 34.7 Å². The lowest BCUT2D eigenvalue weighted by Gasteiger charge is -2.23. The Morgan fingerprint density at radius 1 is 1.08 bits per heavy atom. The molecule has 0 saturated carbocycles. The Bertz CT molecular complexity index is 1500. The van der Waals surface area contributed by atoms with Gasteiger partial charge in [0.25, 0.3) is 5.78 Å². The van der Waals surface area contributed by atoms with Gasteiger partial charge in [-0.2, -0.15) is 0 Å². The van der Waals surface area contributed by atoms with Gasteiger partial charge in [-0.25, -0.2) is 9.78 Å². The van der Waals surface area contributed by atoms with Crippen molar-refractivity contribution in [3.63, 3.8) is 0 Å². The first-order valence-electron chi connectivity index (χ1n) is 12.2. The maximum Gasteiger partial charge on any atom is 0.350 e. The number of aliphatic hydroxyl groups excluding tert-OH is 1. The minimum atomic E-state index is -0.968. The van der Waals surface area contributed by atoms with Crippen molar-refractivity contribution in [1.29, 1.82) is 0 Å². The lowest BCUT2D eigenvalue weighted by molar-refractivity contribution is -0.132. The number of aromatic nitrogens is 1. The van der Waals surface area contributed by atoms with E-state index < -0.39 is 23.7 Å². The van der Waals surface area contributed by atoms with Gasteiger partial charge in [0.2, 0.25) is 0 Å². The molecule has 0 unspecified atom stereocenters. The third-order valence-corrected chi connectivity index (χ3v) is 7.30. The molecule has 2 aromatic carbocycles. The van der Waals surface area contributed by atoms with E-state index in [1.54, 1.807) is 50.3 Å². The molecule has 1 aromatic heterocycles. The van der Waals surface area contributed by atoms with Gasteiger partial charge < -0.3 is 14.6 Å². The highest BCUT2D eigenvalue weighted by molar-refractivity contribution is 7.17. The monoisotopic (exact) mass is 544 g/mol. The van der Waals surface area contributed by atoms with Crippen molar-refractivity contribution in [2.24, 2.45) is 0 Å². The highest BCUT2D eigenvalue weighted by atomic mass is 32.1. The second kappa shape index (κ2) is 11.5. The number of benzene rings is 2. The lowest BCUT2D eigenvalue weighted by Crippen LogP contribution is -2.29. The third-order valence-electron chi connectivity index (χ3n) is 6.17. The molecular weight excluding hydrogens is 516 g/mol. The largest absolute Gasteiger partial charge is 0.507 e. The molecule has 1 fully saturated rings. The van der Waals surface area contributed by atoms with Crippen molar-refractivity contribution in [3.8, 4) is 5.75 Å². The fourth-order valence-corrected chi connectivity index (χ4v) is 5.25. The third kappa shape index (κ3) is 5.39. The predicted molar refractivity (Wildman–Crippen MR) is 150 cm³/mol. The summed E-state index contributed by atoms with van der Waals surface area (Å²) in [6.45, 7) is 12.8. The molecule has 0 spiro atoms. The molecule has 1 N–H and O–H groups in total. The van der Waals surface area contributed by atoms with Crippen LogP contribution in [-0.2, 0) is 14.3 Å². The van der Waals surface area contributed by atoms with Gasteiger partial charge in [0.05, 0.1) is 17.3 Å². The van der Waals surface area contributed by atoms with Gasteiger partial charge in [-0.05, 0) is 50.1 Å². The summed E-state index contributed by atoms with van der Waals surface area (Å²) >= 11 is 0.949. The maximum absolute atomic E-state index is 13.5. The average Bonchev–Trinajstić information content (AvgIpc) is 3.42. The summed E-state index contributed by atoms with van der Waals surface area (Å²) in [6, 6.07) is 11.4. The summed E-state index contributed by atoms with van der Waals surface area (Å²) in [5.74, 6) is -2.05. The zero-order valence-corrected chi connectivity index (χ0v) is 22.7. The molecule has 3 aromatic rings. The maximum atomic E-state index is 13.5. The molecule has 39 heavy (non-hydrogen) atoms. The molecular formula is C30H28N2O6S. The number of hydrogen-bond donors (Lipinski definition) is 1. The smallest absolute Gasteiger partial charge is 0.350 e. The molecule has 1 aliphatic rings. The van der Waals surface area contributed by atoms with Crippen molar-refractivity contribution in [2.75, 3.05) is 18.1 Å². The van der Waals surface area contributed by atoms with Crippen LogP contribution in [-0.4, -0.2) is 41.0 Å². The van der Waals surface area contributed by atoms with Crippen LogP contribution in [0.1, 0.15) is 43.7 Å². The molecule has 1 aliphatic heterocycles. The number of hydrogen-bond acceptors (Lipinski definition) is 8. The number of nitrogens with zero attached hydrogens (tertiary/aromatic N) is 2. The minimum Gasteiger partial charge on any atom is -0.507 e. The van der Waals surface area contributed by atoms with Crippen molar-refractivity contribution in [1.82, 2.24) is 4.98 Å². The molecule has 8 nitrogen and oxygen atoms in total. The Kier molecular flexibility index (Phi) is 8.11. The summed E-state index contributed by atoms with van der Waals surface area (Å²) in [7, 11) is 0. The average molecular weight is 545 g/mol. The van der Waals surface area contributed by atoms with Gasteiger partial charge in [-0.3, -0.25) is 14.5 Å². The lowest BCUT2D eigenvalue weighted by atomic mass is 9.93. The summed E-state index contributed by atoms with van der Waals surface area (Å²) in [4.78, 5) is 45.4. The number of carbonyl (C=O) groups excluding carboxylic acids is 3. The zero-order valence-electron chi connectivity index (χ0n) is 21.9. The number of ketones is 1. The summed E-state index contributed by atoms with van der Waals surface area (Å²) in [5, 5.41) is 11.6. The molecule has 0 radical (unpaired) electrons. The quantitative estimate of drug-likeness (QED) is 0.123. The number of aryl methyl sites for hydroxylation is 3. The van der Waals surface area contributed by atoms with Crippen LogP contribution >= 0.6 is 11.3 Å². The first-order valence-corrected chi connectivity index (χ1v) is 13.0. The second-order valence-electron chi connectivity index (χ2n) is 8.95. The molecule has 4 rings (SSSR count). The fraction of sp³-hybridized carbons (Fsp3) is 0.200. The number of thiazole rings is 1. The number of Topliss-reactive ketones (excluding diaryl/α,β-unsaturated/α-hetero) is 1. The van der Waals surface area contributed by atoms with E-state index in [1.165, 1.54) is 11.0 Å². The van der Waals surface area contributed by atoms with Gasteiger partial charge in [0, 0.05) is 5.56 Å². The Morgan fingerprint density at radius 3 is 2.41 bits per heavy atom. The van der Waals surface area contributed by atoms with Crippen molar-refractivity contribution in [3.05, 3.63) is 106 Å². The van der Waals surface area contributed by atoms with Crippen LogP contribution in [0.15, 0.2) is 73.3 Å². The number of ether oxygens (including phenoxy) is 2. The van der Waals surface area contributed by atoms with Crippen molar-refractivity contribution in [2.45, 2.75) is 26.8 Å². The molecule has 0 aliphatic carbocycles. The van der Waals surface area contributed by atoms with Gasteiger partial charge in [0.1, 0.15) is 29.6 Å². The van der Waals surface area contributed by atoms with E-state index in [-0.39, 0.29) is 27.9 Å². The summed E-state index contributed by atoms with van der Waals surface area (Å²) < 4.78 is 10.7. The molecule has 2 heterocycles. The molecule has 1 saturated heterocycles. The predicted octanol–water partition coefficient (Wildman–Crippen LogP) is 5.60. The van der Waals surface area contributed by atoms with Gasteiger partial charge in [0.15, 0.2) is 5.13 Å². The first kappa shape index (κ1) is 27.5. The molecule has 0 bridgehead atoms. The fourth-order valence-electron chi connectivity index (χ4n) is 4.26. The Balaban J connectivity index is 1.86. The topological polar surface area (TPSA) is 106 Å². The van der Waals surface area contributed by atoms with Crippen LogP contribution < -0.4 is 9.64 Å². The van der Waals surface area contributed by atoms with Crippen LogP contribution in [0.25, 0.3) is 5.76 Å². The minimum absolute atomic E-state index is 0.0240. The van der Waals surface area contributed by atoms with Crippen LogP contribution in [0.2, 0.25) is 0 Å². The molecule has 1 amide bonds. The number of amides is 1. The van der Waals surface area contributed by atoms with E-state index >= 15 is 0 Å². The molecule has 1 atom stereocenters. The van der Waals surface area contributed by atoms with Gasteiger partial charge in [-0.1, -0.05) is 66.5 Å². The SMILES string of the molecule is C=CCOC(=O)c1sc(N2C(=O)C(=O)C(=C(O)c3ccc(OCC=C)cc3C)[C@H]2c2ccc(C)cc2)nc1C. The summed E-state index contributed by atoms with van der Waals surface area (Å²) in [5.41, 5.74) is 2.92. The Hall–Kier alpha value is -4.50.